The van der Waals surface area contributed by atoms with Crippen molar-refractivity contribution in [1.82, 2.24) is 10.0 Å². The van der Waals surface area contributed by atoms with Crippen LogP contribution in [0.25, 0.3) is 0 Å². The first-order chi connectivity index (χ1) is 12.6. The highest BCUT2D eigenvalue weighted by Crippen LogP contribution is 2.23. The van der Waals surface area contributed by atoms with Crippen molar-refractivity contribution in [1.29, 1.82) is 0 Å². The van der Waals surface area contributed by atoms with Gasteiger partial charge in [-0.15, -0.1) is 0 Å². The van der Waals surface area contributed by atoms with Crippen molar-refractivity contribution in [3.63, 3.8) is 0 Å². The summed E-state index contributed by atoms with van der Waals surface area (Å²) in [5, 5.41) is 1.28. The lowest BCUT2D eigenvalue weighted by Crippen LogP contribution is -2.24. The van der Waals surface area contributed by atoms with Gasteiger partial charge in [0.15, 0.2) is 0 Å². The second-order valence-electron chi connectivity index (χ2n) is 6.41. The number of benzene rings is 1. The number of aromatic nitrogens is 1. The zero-order valence-corrected chi connectivity index (χ0v) is 15.9. The molecule has 5 nitrogen and oxygen atoms in total. The number of carbonyl (C=O) groups excluding carboxylic acids is 1. The molecule has 1 aromatic heterocycles. The van der Waals surface area contributed by atoms with Gasteiger partial charge >= 0.3 is 0 Å². The second kappa shape index (κ2) is 10.6. The number of rotatable bonds is 10. The first kappa shape index (κ1) is 19.9. The average molecular weight is 356 g/mol. The topological polar surface area (TPSA) is 51.7 Å². The Morgan fingerprint density at radius 3 is 2.69 bits per heavy atom. The number of nitrogens with zero attached hydrogens (tertiary/aromatic N) is 2. The average Bonchev–Trinajstić information content (AvgIpc) is 2.69. The van der Waals surface area contributed by atoms with Gasteiger partial charge in [0.05, 0.1) is 7.11 Å². The molecule has 1 amide bonds. The minimum Gasteiger partial charge on any atom is -0.489 e. The molecule has 0 aliphatic heterocycles. The molecule has 0 saturated carbocycles. The highest BCUT2D eigenvalue weighted by Gasteiger charge is 2.11. The number of ether oxygens (including phenoxy) is 1. The molecule has 2 rings (SSSR count). The van der Waals surface area contributed by atoms with Crippen LogP contribution in [0.1, 0.15) is 49.8 Å². The molecule has 0 fully saturated rings. The Labute approximate surface area is 155 Å². The van der Waals surface area contributed by atoms with E-state index in [2.05, 4.69) is 11.9 Å². The fraction of sp³-hybridized carbons (Fsp3) is 0.429. The molecule has 0 unspecified atom stereocenters. The lowest BCUT2D eigenvalue weighted by molar-refractivity contribution is -0.168. The van der Waals surface area contributed by atoms with Crippen molar-refractivity contribution in [2.24, 2.45) is 0 Å². The molecule has 1 atom stereocenters. The quantitative estimate of drug-likeness (QED) is 0.469. The van der Waals surface area contributed by atoms with E-state index in [1.54, 1.807) is 13.2 Å². The van der Waals surface area contributed by atoms with Crippen LogP contribution in [0.3, 0.4) is 0 Å². The summed E-state index contributed by atoms with van der Waals surface area (Å²) in [7, 11) is 3.13. The van der Waals surface area contributed by atoms with E-state index in [4.69, 9.17) is 9.57 Å². The summed E-state index contributed by atoms with van der Waals surface area (Å²) in [5.41, 5.74) is 2.17. The SMILES string of the molecule is CON(C)C(=O)CCCC[C@@H](C)c1cc(OCc2ccccc2)ccn1. The standard InChI is InChI=1S/C21H28N2O3/c1-17(9-7-8-12-21(24)23(2)25-3)20-15-19(13-14-22-20)26-16-18-10-5-4-6-11-18/h4-6,10-11,13-15,17H,7-9,12,16H2,1-3H3/t17-/m1/s1. The lowest BCUT2D eigenvalue weighted by atomic mass is 9.99. The van der Waals surface area contributed by atoms with E-state index in [-0.39, 0.29) is 5.91 Å². The van der Waals surface area contributed by atoms with Crippen LogP contribution in [0.2, 0.25) is 0 Å². The van der Waals surface area contributed by atoms with Gasteiger partial charge in [0.2, 0.25) is 5.91 Å². The van der Waals surface area contributed by atoms with Crippen molar-refractivity contribution < 1.29 is 14.4 Å². The Kier molecular flexibility index (Phi) is 8.09. The monoisotopic (exact) mass is 356 g/mol. The number of amides is 1. The van der Waals surface area contributed by atoms with Crippen LogP contribution in [-0.2, 0) is 16.2 Å². The van der Waals surface area contributed by atoms with Crippen LogP contribution in [0.15, 0.2) is 48.7 Å². The van der Waals surface area contributed by atoms with E-state index in [1.807, 2.05) is 42.5 Å². The Balaban J connectivity index is 1.78. The van der Waals surface area contributed by atoms with Gasteiger partial charge in [0.25, 0.3) is 0 Å². The molecule has 0 saturated heterocycles. The highest BCUT2D eigenvalue weighted by atomic mass is 16.7. The molecule has 1 heterocycles. The first-order valence-corrected chi connectivity index (χ1v) is 9.03. The van der Waals surface area contributed by atoms with E-state index >= 15 is 0 Å². The van der Waals surface area contributed by atoms with E-state index in [9.17, 15) is 4.79 Å². The highest BCUT2D eigenvalue weighted by molar-refractivity contribution is 5.74. The van der Waals surface area contributed by atoms with Gasteiger partial charge in [0.1, 0.15) is 12.4 Å². The van der Waals surface area contributed by atoms with Crippen LogP contribution < -0.4 is 4.74 Å². The fourth-order valence-electron chi connectivity index (χ4n) is 2.66. The molecule has 2 aromatic rings. The summed E-state index contributed by atoms with van der Waals surface area (Å²) in [6, 6.07) is 14.0. The molecule has 1 aromatic carbocycles. The Hall–Kier alpha value is -2.40. The van der Waals surface area contributed by atoms with E-state index in [1.165, 1.54) is 12.2 Å². The minimum atomic E-state index is 0.00888. The van der Waals surface area contributed by atoms with Crippen LogP contribution in [0.5, 0.6) is 5.75 Å². The predicted octanol–water partition coefficient (Wildman–Crippen LogP) is 4.34. The summed E-state index contributed by atoms with van der Waals surface area (Å²) < 4.78 is 5.87. The van der Waals surface area contributed by atoms with E-state index in [0.29, 0.717) is 18.9 Å². The molecule has 0 aliphatic carbocycles. The lowest BCUT2D eigenvalue weighted by Gasteiger charge is -2.14. The summed E-state index contributed by atoms with van der Waals surface area (Å²) in [5.74, 6) is 1.17. The van der Waals surface area contributed by atoms with Crippen LogP contribution in [0, 0.1) is 0 Å². The van der Waals surface area contributed by atoms with E-state index in [0.717, 1.165) is 36.3 Å². The molecule has 5 heteroatoms. The van der Waals surface area contributed by atoms with Crippen molar-refractivity contribution >= 4 is 5.91 Å². The third kappa shape index (κ3) is 6.48. The predicted molar refractivity (Wildman–Crippen MR) is 102 cm³/mol. The normalized spacial score (nSPS) is 11.8. The van der Waals surface area contributed by atoms with E-state index < -0.39 is 0 Å². The van der Waals surface area contributed by atoms with Crippen LogP contribution >= 0.6 is 0 Å². The maximum absolute atomic E-state index is 11.7. The van der Waals surface area contributed by atoms with Crippen molar-refractivity contribution in [2.45, 2.75) is 45.1 Å². The van der Waals surface area contributed by atoms with Gasteiger partial charge in [-0.3, -0.25) is 14.6 Å². The number of hydroxylamine groups is 2. The fourth-order valence-corrected chi connectivity index (χ4v) is 2.66. The van der Waals surface area contributed by atoms with Gasteiger partial charge < -0.3 is 4.74 Å². The molecule has 0 aliphatic rings. The Morgan fingerprint density at radius 1 is 1.19 bits per heavy atom. The largest absolute Gasteiger partial charge is 0.489 e. The number of hydrogen-bond acceptors (Lipinski definition) is 4. The van der Waals surface area contributed by atoms with Gasteiger partial charge in [0, 0.05) is 31.4 Å². The van der Waals surface area contributed by atoms with Crippen molar-refractivity contribution in [3.05, 3.63) is 59.9 Å². The first-order valence-electron chi connectivity index (χ1n) is 9.03. The van der Waals surface area contributed by atoms with Gasteiger partial charge in [-0.25, -0.2) is 5.06 Å². The third-order valence-corrected chi connectivity index (χ3v) is 4.41. The van der Waals surface area contributed by atoms with Gasteiger partial charge in [-0.1, -0.05) is 43.7 Å². The number of unbranched alkanes of at least 4 members (excludes halogenated alkanes) is 1. The van der Waals surface area contributed by atoms with Crippen molar-refractivity contribution in [3.8, 4) is 5.75 Å². The molecular weight excluding hydrogens is 328 g/mol. The summed E-state index contributed by atoms with van der Waals surface area (Å²) in [4.78, 5) is 21.1. The number of hydrogen-bond donors (Lipinski definition) is 0. The van der Waals surface area contributed by atoms with Gasteiger partial charge in [-0.05, 0) is 30.4 Å². The maximum Gasteiger partial charge on any atom is 0.245 e. The van der Waals surface area contributed by atoms with Crippen LogP contribution in [-0.4, -0.2) is 30.1 Å². The third-order valence-electron chi connectivity index (χ3n) is 4.41. The molecular formula is C21H28N2O3. The Bertz CT molecular complexity index is 676. The molecule has 140 valence electrons. The zero-order chi connectivity index (χ0) is 18.8. The van der Waals surface area contributed by atoms with Crippen LogP contribution in [0.4, 0.5) is 0 Å². The molecule has 0 radical (unpaired) electrons. The molecule has 26 heavy (non-hydrogen) atoms. The molecule has 0 spiro atoms. The minimum absolute atomic E-state index is 0.00888. The van der Waals surface area contributed by atoms with Gasteiger partial charge in [-0.2, -0.15) is 0 Å². The second-order valence-corrected chi connectivity index (χ2v) is 6.41. The zero-order valence-electron chi connectivity index (χ0n) is 15.9. The van der Waals surface area contributed by atoms with Crippen molar-refractivity contribution in [2.75, 3.05) is 14.2 Å². The summed E-state index contributed by atoms with van der Waals surface area (Å²) in [6.45, 7) is 2.71. The molecule has 0 bridgehead atoms. The molecule has 0 N–H and O–H groups in total. The summed E-state index contributed by atoms with van der Waals surface area (Å²) >= 11 is 0. The number of carbonyl (C=O) groups is 1. The maximum atomic E-state index is 11.7. The Morgan fingerprint density at radius 2 is 1.96 bits per heavy atom. The smallest absolute Gasteiger partial charge is 0.245 e. The number of pyridine rings is 1. The summed E-state index contributed by atoms with van der Waals surface area (Å²) in [6.07, 6.45) is 5.11.